The first kappa shape index (κ1) is 12.5. The van der Waals surface area contributed by atoms with E-state index < -0.39 is 5.97 Å². The average Bonchev–Trinajstić information content (AvgIpc) is 3.01. The molecule has 3 heterocycles. The molecule has 102 valence electrons. The second-order valence-corrected chi connectivity index (χ2v) is 5.60. The van der Waals surface area contributed by atoms with Crippen LogP contribution in [0.4, 0.5) is 0 Å². The fourth-order valence-electron chi connectivity index (χ4n) is 2.16. The van der Waals surface area contributed by atoms with Crippen LogP contribution in [-0.4, -0.2) is 44.1 Å². The van der Waals surface area contributed by atoms with E-state index in [1.165, 1.54) is 11.3 Å². The number of aryl methyl sites for hydroxylation is 1. The van der Waals surface area contributed by atoms with E-state index in [2.05, 4.69) is 15.3 Å². The van der Waals surface area contributed by atoms with Crippen LogP contribution in [0.3, 0.4) is 0 Å². The van der Waals surface area contributed by atoms with E-state index >= 15 is 0 Å². The normalized spacial score (nSPS) is 19.3. The highest BCUT2D eigenvalue weighted by molar-refractivity contribution is 7.16. The lowest BCUT2D eigenvalue weighted by Crippen LogP contribution is -2.05. The zero-order chi connectivity index (χ0) is 13.2. The van der Waals surface area contributed by atoms with E-state index in [1.807, 2.05) is 0 Å². The van der Waals surface area contributed by atoms with Crippen molar-refractivity contribution in [2.75, 3.05) is 13.2 Å². The Morgan fingerprint density at radius 1 is 1.53 bits per heavy atom. The number of aliphatic carboxylic acids is 1. The standard InChI is InChI=1S/C11H14N4O3S/c16-9(17)3-1-2-8-14-15-10(7-4-5-18-6-7)12-13-11(15)19-8/h7H,1-6H2,(H,16,17). The number of ether oxygens (including phenoxy) is 1. The molecule has 1 unspecified atom stereocenters. The molecule has 1 aliphatic rings. The largest absolute Gasteiger partial charge is 0.481 e. The summed E-state index contributed by atoms with van der Waals surface area (Å²) in [6.07, 6.45) is 2.39. The van der Waals surface area contributed by atoms with Crippen LogP contribution < -0.4 is 0 Å². The molecule has 2 aromatic rings. The van der Waals surface area contributed by atoms with E-state index in [9.17, 15) is 4.79 Å². The van der Waals surface area contributed by atoms with Gasteiger partial charge in [0, 0.05) is 25.4 Å². The Kier molecular flexibility index (Phi) is 3.43. The van der Waals surface area contributed by atoms with Gasteiger partial charge in [-0.25, -0.2) is 0 Å². The molecule has 0 saturated carbocycles. The predicted octanol–water partition coefficient (Wildman–Crippen LogP) is 1.10. The number of aromatic nitrogens is 4. The monoisotopic (exact) mass is 282 g/mol. The van der Waals surface area contributed by atoms with Gasteiger partial charge >= 0.3 is 5.97 Å². The van der Waals surface area contributed by atoms with Crippen LogP contribution in [0.15, 0.2) is 0 Å². The molecule has 0 aromatic carbocycles. The highest BCUT2D eigenvalue weighted by atomic mass is 32.1. The van der Waals surface area contributed by atoms with E-state index in [-0.39, 0.29) is 12.3 Å². The quantitative estimate of drug-likeness (QED) is 0.883. The Morgan fingerprint density at radius 2 is 2.42 bits per heavy atom. The smallest absolute Gasteiger partial charge is 0.303 e. The van der Waals surface area contributed by atoms with Crippen LogP contribution in [0.5, 0.6) is 0 Å². The molecule has 1 atom stereocenters. The lowest BCUT2D eigenvalue weighted by atomic mass is 10.1. The summed E-state index contributed by atoms with van der Waals surface area (Å²) in [5.74, 6) is 0.351. The summed E-state index contributed by atoms with van der Waals surface area (Å²) < 4.78 is 7.13. The first-order valence-corrected chi connectivity index (χ1v) is 7.06. The Hall–Kier alpha value is -1.54. The third-order valence-electron chi connectivity index (χ3n) is 3.13. The van der Waals surface area contributed by atoms with E-state index in [0.29, 0.717) is 19.4 Å². The van der Waals surface area contributed by atoms with Crippen LogP contribution in [0, 0.1) is 0 Å². The number of nitrogens with zero attached hydrogens (tertiary/aromatic N) is 4. The van der Waals surface area contributed by atoms with Gasteiger partial charge in [0.05, 0.1) is 6.61 Å². The maximum atomic E-state index is 10.5. The van der Waals surface area contributed by atoms with E-state index in [1.54, 1.807) is 4.52 Å². The Morgan fingerprint density at radius 3 is 3.16 bits per heavy atom. The number of hydrogen-bond donors (Lipinski definition) is 1. The molecule has 1 aliphatic heterocycles. The maximum absolute atomic E-state index is 10.5. The first-order chi connectivity index (χ1) is 9.24. The summed E-state index contributed by atoms with van der Waals surface area (Å²) in [5.41, 5.74) is 0. The molecule has 0 bridgehead atoms. The van der Waals surface area contributed by atoms with E-state index in [0.717, 1.165) is 28.8 Å². The third kappa shape index (κ3) is 2.59. The molecular formula is C11H14N4O3S. The van der Waals surface area contributed by atoms with Gasteiger partial charge in [-0.2, -0.15) is 9.61 Å². The van der Waals surface area contributed by atoms with Crippen LogP contribution in [0.2, 0.25) is 0 Å². The van der Waals surface area contributed by atoms with Crippen molar-refractivity contribution in [1.82, 2.24) is 19.8 Å². The summed E-state index contributed by atoms with van der Waals surface area (Å²) in [6.45, 7) is 1.43. The molecule has 1 saturated heterocycles. The number of carboxylic acid groups (broad SMARTS) is 1. The number of fused-ring (bicyclic) bond motifs is 1. The Labute approximate surface area is 113 Å². The Balaban J connectivity index is 1.75. The third-order valence-corrected chi connectivity index (χ3v) is 4.09. The van der Waals surface area contributed by atoms with Crippen molar-refractivity contribution < 1.29 is 14.6 Å². The SMILES string of the molecule is O=C(O)CCCc1nn2c(C3CCOC3)nnc2s1. The van der Waals surface area contributed by atoms with Gasteiger partial charge < -0.3 is 9.84 Å². The van der Waals surface area contributed by atoms with Crippen molar-refractivity contribution in [2.24, 2.45) is 0 Å². The van der Waals surface area contributed by atoms with Gasteiger partial charge in [0.15, 0.2) is 5.82 Å². The molecule has 1 N–H and O–H groups in total. The molecule has 8 heteroatoms. The van der Waals surface area contributed by atoms with Crippen molar-refractivity contribution in [3.05, 3.63) is 10.8 Å². The molecular weight excluding hydrogens is 268 g/mol. The Bertz CT molecular complexity index is 588. The van der Waals surface area contributed by atoms with Gasteiger partial charge in [-0.1, -0.05) is 11.3 Å². The van der Waals surface area contributed by atoms with Crippen LogP contribution in [0.25, 0.3) is 4.96 Å². The van der Waals surface area contributed by atoms with Crippen molar-refractivity contribution in [2.45, 2.75) is 31.6 Å². The second-order valence-electron chi connectivity index (χ2n) is 4.56. The molecule has 2 aromatic heterocycles. The first-order valence-electron chi connectivity index (χ1n) is 6.24. The molecule has 1 fully saturated rings. The van der Waals surface area contributed by atoms with E-state index in [4.69, 9.17) is 9.84 Å². The number of hydrogen-bond acceptors (Lipinski definition) is 6. The average molecular weight is 282 g/mol. The van der Waals surface area contributed by atoms with Crippen LogP contribution in [-0.2, 0) is 16.0 Å². The minimum Gasteiger partial charge on any atom is -0.481 e. The molecule has 0 radical (unpaired) electrons. The predicted molar refractivity (Wildman–Crippen MR) is 67.4 cm³/mol. The summed E-state index contributed by atoms with van der Waals surface area (Å²) >= 11 is 1.47. The zero-order valence-corrected chi connectivity index (χ0v) is 11.1. The lowest BCUT2D eigenvalue weighted by molar-refractivity contribution is -0.137. The van der Waals surface area contributed by atoms with Crippen molar-refractivity contribution in [3.8, 4) is 0 Å². The molecule has 7 nitrogen and oxygen atoms in total. The highest BCUT2D eigenvalue weighted by Gasteiger charge is 2.24. The fraction of sp³-hybridized carbons (Fsp3) is 0.636. The summed E-state index contributed by atoms with van der Waals surface area (Å²) in [6, 6.07) is 0. The summed E-state index contributed by atoms with van der Waals surface area (Å²) in [7, 11) is 0. The van der Waals surface area contributed by atoms with Crippen LogP contribution >= 0.6 is 11.3 Å². The summed E-state index contributed by atoms with van der Waals surface area (Å²) in [5, 5.41) is 22.3. The van der Waals surface area contributed by atoms with Crippen molar-refractivity contribution >= 4 is 22.3 Å². The zero-order valence-electron chi connectivity index (χ0n) is 10.3. The molecule has 3 rings (SSSR count). The minimum absolute atomic E-state index is 0.170. The van der Waals surface area contributed by atoms with Gasteiger partial charge in [-0.05, 0) is 12.8 Å². The molecule has 0 spiro atoms. The van der Waals surface area contributed by atoms with Gasteiger partial charge in [0.1, 0.15) is 5.01 Å². The van der Waals surface area contributed by atoms with Gasteiger partial charge in [-0.3, -0.25) is 4.79 Å². The number of carbonyl (C=O) groups is 1. The number of carboxylic acids is 1. The highest BCUT2D eigenvalue weighted by Crippen LogP contribution is 2.25. The topological polar surface area (TPSA) is 89.6 Å². The maximum Gasteiger partial charge on any atom is 0.303 e. The van der Waals surface area contributed by atoms with Crippen LogP contribution in [0.1, 0.15) is 36.0 Å². The minimum atomic E-state index is -0.771. The second kappa shape index (κ2) is 5.22. The van der Waals surface area contributed by atoms with Crippen molar-refractivity contribution in [3.63, 3.8) is 0 Å². The lowest BCUT2D eigenvalue weighted by Gasteiger charge is -2.01. The van der Waals surface area contributed by atoms with Gasteiger partial charge in [0.25, 0.3) is 0 Å². The molecule has 19 heavy (non-hydrogen) atoms. The van der Waals surface area contributed by atoms with Crippen molar-refractivity contribution in [1.29, 1.82) is 0 Å². The molecule has 0 aliphatic carbocycles. The number of rotatable bonds is 5. The van der Waals surface area contributed by atoms with Gasteiger partial charge in [0.2, 0.25) is 4.96 Å². The van der Waals surface area contributed by atoms with Gasteiger partial charge in [-0.15, -0.1) is 10.2 Å². The fourth-order valence-corrected chi connectivity index (χ4v) is 3.04. The molecule has 0 amide bonds. The summed E-state index contributed by atoms with van der Waals surface area (Å²) in [4.78, 5) is 11.3.